The average Bonchev–Trinajstić information content (AvgIpc) is 3.47. The topological polar surface area (TPSA) is 60.8 Å². The van der Waals surface area contributed by atoms with Crippen molar-refractivity contribution in [2.24, 2.45) is 46.3 Å². The number of aliphatic hydroxyl groups is 1. The number of hydrogen-bond donors (Lipinski definition) is 1. The van der Waals surface area contributed by atoms with E-state index in [1.807, 2.05) is 33.5 Å². The molecule has 6 rings (SSSR count). The van der Waals surface area contributed by atoms with Crippen molar-refractivity contribution in [3.63, 3.8) is 0 Å². The molecule has 1 N–H and O–H groups in total. The van der Waals surface area contributed by atoms with Crippen molar-refractivity contribution in [1.29, 1.82) is 0 Å². The van der Waals surface area contributed by atoms with Crippen LogP contribution in [0.5, 0.6) is 5.88 Å². The van der Waals surface area contributed by atoms with Gasteiger partial charge in [0.1, 0.15) is 5.82 Å². The van der Waals surface area contributed by atoms with E-state index in [0.717, 1.165) is 44.9 Å². The van der Waals surface area contributed by atoms with Gasteiger partial charge in [-0.1, -0.05) is 53.3 Å². The highest BCUT2D eigenvalue weighted by atomic mass is 28.3. The maximum absolute atomic E-state index is 16.6. The molecule has 5 aliphatic rings. The number of methoxy groups -OCH3 is 1. The first-order valence-electron chi connectivity index (χ1n) is 18.1. The first kappa shape index (κ1) is 35.6. The highest BCUT2D eigenvalue weighted by Gasteiger charge is 2.70. The van der Waals surface area contributed by atoms with E-state index in [1.165, 1.54) is 7.11 Å². The van der Waals surface area contributed by atoms with Crippen LogP contribution < -0.4 is 9.92 Å². The first-order chi connectivity index (χ1) is 21.7. The van der Waals surface area contributed by atoms with Gasteiger partial charge < -0.3 is 19.3 Å². The standard InChI is InChI=1S/C37H57F4NO4Si/c1-20(11-10-12-25(43)27-29(38)31(47(7,8)9)32(39)42-33(27)44-6)21-13-14-22-28-23(15-17-35(21,22)4)36(5)18-16-26-30(46-34(2,3)45-26)24(36)19-37(28,40)41/h20-26,28,30,43H,10-19H2,1-9H3/t20-,21-,22+,23+,24+,25?,26+,28+,30-,35-,36-/m1/s1. The summed E-state index contributed by atoms with van der Waals surface area (Å²) in [6, 6.07) is 0. The quantitative estimate of drug-likeness (QED) is 0.169. The fourth-order valence-electron chi connectivity index (χ4n) is 11.7. The molecular weight excluding hydrogens is 626 g/mol. The number of alkyl halides is 2. The van der Waals surface area contributed by atoms with Crippen molar-refractivity contribution >= 4 is 13.3 Å². The summed E-state index contributed by atoms with van der Waals surface area (Å²) in [4.78, 5) is 3.87. The molecular formula is C37H57F4NO4Si. The van der Waals surface area contributed by atoms with Crippen LogP contribution in [0.3, 0.4) is 0 Å². The number of aromatic nitrogens is 1. The van der Waals surface area contributed by atoms with E-state index in [-0.39, 0.29) is 76.2 Å². The Morgan fingerprint density at radius 3 is 2.26 bits per heavy atom. The van der Waals surface area contributed by atoms with E-state index in [2.05, 4.69) is 25.8 Å². The molecule has 2 heterocycles. The van der Waals surface area contributed by atoms with Gasteiger partial charge in [-0.15, -0.1) is 0 Å². The average molecular weight is 684 g/mol. The molecule has 0 amide bonds. The Balaban J connectivity index is 1.15. The number of rotatable bonds is 8. The van der Waals surface area contributed by atoms with Crippen LogP contribution in [0.1, 0.15) is 110 Å². The lowest BCUT2D eigenvalue weighted by Gasteiger charge is -2.63. The number of ether oxygens (including phenoxy) is 3. The molecule has 10 heteroatoms. The normalized spacial score (nSPS) is 40.2. The Labute approximate surface area is 279 Å². The summed E-state index contributed by atoms with van der Waals surface area (Å²) in [5.74, 6) is -5.58. The molecule has 0 spiro atoms. The van der Waals surface area contributed by atoms with Crippen LogP contribution in [-0.4, -0.2) is 49.2 Å². The molecule has 5 nitrogen and oxygen atoms in total. The van der Waals surface area contributed by atoms with Gasteiger partial charge in [-0.25, -0.2) is 13.2 Å². The summed E-state index contributed by atoms with van der Waals surface area (Å²) in [7, 11) is -1.12. The number of fused-ring (bicyclic) bond motifs is 7. The van der Waals surface area contributed by atoms with Crippen LogP contribution in [0.25, 0.3) is 0 Å². The van der Waals surface area contributed by atoms with Gasteiger partial charge in [0, 0.05) is 17.5 Å². The molecule has 11 atom stereocenters. The third kappa shape index (κ3) is 5.80. The Kier molecular flexibility index (Phi) is 9.04. The van der Waals surface area contributed by atoms with Gasteiger partial charge in [-0.2, -0.15) is 9.37 Å². The van der Waals surface area contributed by atoms with Crippen molar-refractivity contribution < 1.29 is 36.9 Å². The zero-order chi connectivity index (χ0) is 34.5. The molecule has 4 aliphatic carbocycles. The maximum atomic E-state index is 16.6. The molecule has 1 aromatic heterocycles. The van der Waals surface area contributed by atoms with Gasteiger partial charge in [-0.05, 0) is 99.2 Å². The van der Waals surface area contributed by atoms with Gasteiger partial charge in [0.25, 0.3) is 5.92 Å². The predicted octanol–water partition coefficient (Wildman–Crippen LogP) is 8.79. The Morgan fingerprint density at radius 2 is 1.60 bits per heavy atom. The van der Waals surface area contributed by atoms with Crippen LogP contribution >= 0.6 is 0 Å². The van der Waals surface area contributed by atoms with Crippen molar-refractivity contribution in [3.05, 3.63) is 17.3 Å². The fraction of sp³-hybridized carbons (Fsp3) is 0.865. The van der Waals surface area contributed by atoms with Crippen LogP contribution in [0.15, 0.2) is 0 Å². The number of aliphatic hydroxyl groups excluding tert-OH is 1. The third-order valence-electron chi connectivity index (χ3n) is 13.8. The summed E-state index contributed by atoms with van der Waals surface area (Å²) in [6.45, 7) is 16.1. The molecule has 5 fully saturated rings. The van der Waals surface area contributed by atoms with Gasteiger partial charge in [0.2, 0.25) is 11.8 Å². The highest BCUT2D eigenvalue weighted by Crippen LogP contribution is 2.72. The second-order valence-corrected chi connectivity index (χ2v) is 22.9. The van der Waals surface area contributed by atoms with E-state index >= 15 is 13.2 Å². The fourth-order valence-corrected chi connectivity index (χ4v) is 13.2. The molecule has 1 aliphatic heterocycles. The second-order valence-electron chi connectivity index (χ2n) is 17.9. The van der Waals surface area contributed by atoms with Gasteiger partial charge >= 0.3 is 0 Å². The van der Waals surface area contributed by atoms with E-state index in [4.69, 9.17) is 14.2 Å². The van der Waals surface area contributed by atoms with Gasteiger partial charge in [0.15, 0.2) is 5.79 Å². The largest absolute Gasteiger partial charge is 0.481 e. The highest BCUT2D eigenvalue weighted by molar-refractivity contribution is 6.88. The van der Waals surface area contributed by atoms with Crippen molar-refractivity contribution in [3.8, 4) is 5.88 Å². The Hall–Kier alpha value is -1.23. The van der Waals surface area contributed by atoms with Crippen LogP contribution in [0.4, 0.5) is 17.6 Å². The van der Waals surface area contributed by atoms with Crippen molar-refractivity contribution in [1.82, 2.24) is 4.98 Å². The summed E-state index contributed by atoms with van der Waals surface area (Å²) >= 11 is 0. The van der Waals surface area contributed by atoms with Crippen molar-refractivity contribution in [2.45, 2.75) is 148 Å². The van der Waals surface area contributed by atoms with Crippen LogP contribution in [0.2, 0.25) is 19.6 Å². The van der Waals surface area contributed by atoms with Crippen LogP contribution in [-0.2, 0) is 9.47 Å². The second kappa shape index (κ2) is 11.9. The molecule has 266 valence electrons. The maximum Gasteiger partial charge on any atom is 0.251 e. The van der Waals surface area contributed by atoms with E-state index in [0.29, 0.717) is 12.3 Å². The Bertz CT molecular complexity index is 1350. The van der Waals surface area contributed by atoms with E-state index in [1.54, 1.807) is 0 Å². The molecule has 0 radical (unpaired) electrons. The smallest absolute Gasteiger partial charge is 0.251 e. The lowest BCUT2D eigenvalue weighted by molar-refractivity contribution is -0.252. The predicted molar refractivity (Wildman–Crippen MR) is 176 cm³/mol. The minimum Gasteiger partial charge on any atom is -0.481 e. The molecule has 0 aromatic carbocycles. The lowest BCUT2D eigenvalue weighted by Crippen LogP contribution is -2.63. The number of halogens is 4. The van der Waals surface area contributed by atoms with E-state index in [9.17, 15) is 9.50 Å². The number of nitrogens with zero attached hydrogens (tertiary/aromatic N) is 1. The molecule has 1 saturated heterocycles. The Morgan fingerprint density at radius 1 is 0.936 bits per heavy atom. The minimum absolute atomic E-state index is 0.0226. The zero-order valence-electron chi connectivity index (χ0n) is 29.9. The summed E-state index contributed by atoms with van der Waals surface area (Å²) in [5, 5.41) is 11.1. The minimum atomic E-state index is -2.75. The zero-order valence-corrected chi connectivity index (χ0v) is 30.9. The summed E-state index contributed by atoms with van der Waals surface area (Å²) in [5.41, 5.74) is -0.413. The summed E-state index contributed by atoms with van der Waals surface area (Å²) < 4.78 is 81.2. The molecule has 1 unspecified atom stereocenters. The molecule has 1 aromatic rings. The molecule has 47 heavy (non-hydrogen) atoms. The molecule has 0 bridgehead atoms. The number of hydrogen-bond acceptors (Lipinski definition) is 5. The number of pyridine rings is 1. The van der Waals surface area contributed by atoms with Gasteiger partial charge in [0.05, 0.1) is 39.1 Å². The third-order valence-corrected chi connectivity index (χ3v) is 15.7. The monoisotopic (exact) mass is 683 g/mol. The SMILES string of the molecule is COc1nc(F)c([Si](C)(C)C)c(F)c1C(O)CCC[C@@H](C)[C@H]1CC[C@H]2[C@H]3[C@H](CC[C@]12C)[C@@]1(C)CC[C@@H]2OC(C)(C)O[C@@H]2[C@@H]1CC3(F)F. The van der Waals surface area contributed by atoms with Gasteiger partial charge in [-0.3, -0.25) is 0 Å². The van der Waals surface area contributed by atoms with E-state index < -0.39 is 43.6 Å². The first-order valence-corrected chi connectivity index (χ1v) is 21.6. The van der Waals surface area contributed by atoms with Crippen molar-refractivity contribution in [2.75, 3.05) is 7.11 Å². The lowest BCUT2D eigenvalue weighted by atomic mass is 9.43. The van der Waals surface area contributed by atoms with Crippen LogP contribution in [0, 0.1) is 58.1 Å². The molecule has 4 saturated carbocycles. The summed E-state index contributed by atoms with van der Waals surface area (Å²) in [6.07, 6.45) is 5.37.